The third-order valence-corrected chi connectivity index (χ3v) is 4.20. The molecule has 2 aromatic carbocycles. The van der Waals surface area contributed by atoms with Gasteiger partial charge in [0.2, 0.25) is 0 Å². The fraction of sp³-hybridized carbons (Fsp3) is 0.273. The van der Waals surface area contributed by atoms with Gasteiger partial charge in [0, 0.05) is 25.4 Å². The Hall–Kier alpha value is -2.32. The largest absolute Gasteiger partial charge is 0.385 e. The van der Waals surface area contributed by atoms with Gasteiger partial charge in [-0.05, 0) is 54.2 Å². The van der Waals surface area contributed by atoms with Crippen LogP contribution in [0.4, 0.5) is 5.69 Å². The van der Waals surface area contributed by atoms with Crippen molar-refractivity contribution in [3.63, 3.8) is 0 Å². The summed E-state index contributed by atoms with van der Waals surface area (Å²) in [4.78, 5) is 0. The molecule has 1 unspecified atom stereocenters. The summed E-state index contributed by atoms with van der Waals surface area (Å²) < 4.78 is 5.10. The predicted molar refractivity (Wildman–Crippen MR) is 105 cm³/mol. The lowest BCUT2D eigenvalue weighted by Gasteiger charge is -2.20. The number of hydrogen-bond donors (Lipinski definition) is 1. The summed E-state index contributed by atoms with van der Waals surface area (Å²) in [7, 11) is 1.74. The average Bonchev–Trinajstić information content (AvgIpc) is 2.62. The van der Waals surface area contributed by atoms with E-state index in [1.807, 2.05) is 18.2 Å². The molecular weight excluding hydrogens is 294 g/mol. The van der Waals surface area contributed by atoms with Crippen LogP contribution in [0.5, 0.6) is 0 Å². The highest BCUT2D eigenvalue weighted by Gasteiger charge is 2.11. The van der Waals surface area contributed by atoms with E-state index in [1.54, 1.807) is 7.11 Å². The van der Waals surface area contributed by atoms with Crippen molar-refractivity contribution < 1.29 is 4.74 Å². The van der Waals surface area contributed by atoms with Crippen molar-refractivity contribution in [3.8, 4) is 0 Å². The van der Waals surface area contributed by atoms with Crippen LogP contribution in [-0.2, 0) is 11.2 Å². The highest BCUT2D eigenvalue weighted by molar-refractivity contribution is 5.76. The van der Waals surface area contributed by atoms with Crippen LogP contribution in [-0.4, -0.2) is 19.8 Å². The summed E-state index contributed by atoms with van der Waals surface area (Å²) in [5, 5.41) is 3.53. The first-order chi connectivity index (χ1) is 11.7. The van der Waals surface area contributed by atoms with Crippen LogP contribution < -0.4 is 5.32 Å². The Morgan fingerprint density at radius 3 is 2.54 bits per heavy atom. The van der Waals surface area contributed by atoms with Gasteiger partial charge in [-0.2, -0.15) is 0 Å². The molecular formula is C22H27NO. The van der Waals surface area contributed by atoms with E-state index in [9.17, 15) is 0 Å². The standard InChI is InChI=1S/C22H27NO/c1-5-20-10-6-7-11-22(20)17(2)18(3)23-21-14-12-19(13-15-21)9-8-16-24-4/h5-7,10-15,18,23H,1-2,8-9,16H2,3-4H3. The number of ether oxygens (including phenoxy) is 1. The van der Waals surface area contributed by atoms with Crippen LogP contribution in [0.1, 0.15) is 30.0 Å². The Balaban J connectivity index is 1.99. The molecule has 0 aromatic heterocycles. The van der Waals surface area contributed by atoms with Gasteiger partial charge in [0.15, 0.2) is 0 Å². The molecule has 2 rings (SSSR count). The monoisotopic (exact) mass is 321 g/mol. The molecule has 2 nitrogen and oxygen atoms in total. The van der Waals surface area contributed by atoms with Crippen LogP contribution in [0.15, 0.2) is 61.7 Å². The lowest BCUT2D eigenvalue weighted by Crippen LogP contribution is -2.17. The van der Waals surface area contributed by atoms with Gasteiger partial charge in [-0.15, -0.1) is 0 Å². The van der Waals surface area contributed by atoms with E-state index in [1.165, 1.54) is 5.56 Å². The molecule has 24 heavy (non-hydrogen) atoms. The van der Waals surface area contributed by atoms with Gasteiger partial charge in [-0.1, -0.05) is 55.6 Å². The van der Waals surface area contributed by atoms with Crippen molar-refractivity contribution in [2.75, 3.05) is 19.0 Å². The molecule has 0 saturated carbocycles. The number of benzene rings is 2. The SMILES string of the molecule is C=Cc1ccccc1C(=C)C(C)Nc1ccc(CCCOC)cc1. The average molecular weight is 321 g/mol. The molecule has 0 amide bonds. The normalized spacial score (nSPS) is 11.8. The zero-order valence-corrected chi connectivity index (χ0v) is 14.7. The highest BCUT2D eigenvalue weighted by Crippen LogP contribution is 2.24. The van der Waals surface area contributed by atoms with E-state index in [0.717, 1.165) is 41.8 Å². The Labute approximate surface area is 145 Å². The fourth-order valence-electron chi connectivity index (χ4n) is 2.73. The summed E-state index contributed by atoms with van der Waals surface area (Å²) in [6, 6.07) is 17.0. The van der Waals surface area contributed by atoms with Gasteiger partial charge in [0.05, 0.1) is 0 Å². The summed E-state index contributed by atoms with van der Waals surface area (Å²) >= 11 is 0. The zero-order chi connectivity index (χ0) is 17.4. The van der Waals surface area contributed by atoms with Crippen molar-refractivity contribution in [2.45, 2.75) is 25.8 Å². The van der Waals surface area contributed by atoms with Crippen LogP contribution in [0.2, 0.25) is 0 Å². The van der Waals surface area contributed by atoms with Crippen molar-refractivity contribution in [1.29, 1.82) is 0 Å². The molecule has 0 spiro atoms. The number of nitrogens with one attached hydrogen (secondary N) is 1. The number of hydrogen-bond acceptors (Lipinski definition) is 2. The van der Waals surface area contributed by atoms with Gasteiger partial charge < -0.3 is 10.1 Å². The van der Waals surface area contributed by atoms with E-state index in [-0.39, 0.29) is 6.04 Å². The minimum Gasteiger partial charge on any atom is -0.385 e. The molecule has 2 heteroatoms. The molecule has 0 heterocycles. The topological polar surface area (TPSA) is 21.3 Å². The molecule has 0 aliphatic rings. The zero-order valence-electron chi connectivity index (χ0n) is 14.7. The maximum atomic E-state index is 5.10. The summed E-state index contributed by atoms with van der Waals surface area (Å²) in [5.74, 6) is 0. The number of anilines is 1. The van der Waals surface area contributed by atoms with Crippen molar-refractivity contribution in [3.05, 3.63) is 78.4 Å². The molecule has 0 saturated heterocycles. The maximum Gasteiger partial charge on any atom is 0.0485 e. The van der Waals surface area contributed by atoms with E-state index in [2.05, 4.69) is 61.8 Å². The maximum absolute atomic E-state index is 5.10. The van der Waals surface area contributed by atoms with Gasteiger partial charge in [0.25, 0.3) is 0 Å². The van der Waals surface area contributed by atoms with E-state index in [4.69, 9.17) is 4.74 Å². The summed E-state index contributed by atoms with van der Waals surface area (Å²) in [5.41, 5.74) is 5.76. The summed E-state index contributed by atoms with van der Waals surface area (Å²) in [6.07, 6.45) is 3.97. The Morgan fingerprint density at radius 2 is 1.88 bits per heavy atom. The van der Waals surface area contributed by atoms with E-state index >= 15 is 0 Å². The second-order valence-electron chi connectivity index (χ2n) is 5.98. The van der Waals surface area contributed by atoms with Gasteiger partial charge in [0.1, 0.15) is 0 Å². The Kier molecular flexibility index (Phi) is 6.83. The molecule has 0 bridgehead atoms. The highest BCUT2D eigenvalue weighted by atomic mass is 16.5. The van der Waals surface area contributed by atoms with Crippen molar-refractivity contribution >= 4 is 17.3 Å². The second-order valence-corrected chi connectivity index (χ2v) is 5.98. The minimum atomic E-state index is 0.144. The lowest BCUT2D eigenvalue weighted by molar-refractivity contribution is 0.195. The number of aryl methyl sites for hydroxylation is 1. The molecule has 1 atom stereocenters. The van der Waals surface area contributed by atoms with E-state index in [0.29, 0.717) is 0 Å². The first-order valence-corrected chi connectivity index (χ1v) is 8.40. The van der Waals surface area contributed by atoms with Crippen LogP contribution in [0, 0.1) is 0 Å². The van der Waals surface area contributed by atoms with Crippen molar-refractivity contribution in [1.82, 2.24) is 0 Å². The molecule has 0 aliphatic carbocycles. The molecule has 126 valence electrons. The predicted octanol–water partition coefficient (Wildman–Crippen LogP) is 5.42. The second kappa shape index (κ2) is 9.09. The smallest absolute Gasteiger partial charge is 0.0485 e. The lowest BCUT2D eigenvalue weighted by atomic mass is 9.96. The van der Waals surface area contributed by atoms with Crippen LogP contribution in [0.25, 0.3) is 11.6 Å². The third kappa shape index (κ3) is 4.84. The Morgan fingerprint density at radius 1 is 1.17 bits per heavy atom. The molecule has 1 N–H and O–H groups in total. The minimum absolute atomic E-state index is 0.144. The summed E-state index contributed by atoms with van der Waals surface area (Å²) in [6.45, 7) is 11.1. The van der Waals surface area contributed by atoms with Gasteiger partial charge in [-0.25, -0.2) is 0 Å². The molecule has 0 aliphatic heterocycles. The molecule has 0 fully saturated rings. The van der Waals surface area contributed by atoms with Crippen LogP contribution in [0.3, 0.4) is 0 Å². The van der Waals surface area contributed by atoms with Crippen molar-refractivity contribution in [2.24, 2.45) is 0 Å². The first kappa shape index (κ1) is 18.0. The quantitative estimate of drug-likeness (QED) is 0.622. The number of methoxy groups -OCH3 is 1. The van der Waals surface area contributed by atoms with Crippen LogP contribution >= 0.6 is 0 Å². The molecule has 2 aromatic rings. The molecule has 0 radical (unpaired) electrons. The Bertz CT molecular complexity index is 673. The van der Waals surface area contributed by atoms with E-state index < -0.39 is 0 Å². The first-order valence-electron chi connectivity index (χ1n) is 8.40. The van der Waals surface area contributed by atoms with Gasteiger partial charge >= 0.3 is 0 Å². The van der Waals surface area contributed by atoms with Gasteiger partial charge in [-0.3, -0.25) is 0 Å². The third-order valence-electron chi connectivity index (χ3n) is 4.20. The number of rotatable bonds is 9. The fourth-order valence-corrected chi connectivity index (χ4v) is 2.73.